The van der Waals surface area contributed by atoms with E-state index in [1.807, 2.05) is 24.3 Å². The smallest absolute Gasteiger partial charge is 0.114 e. The van der Waals surface area contributed by atoms with Crippen LogP contribution in [0.4, 0.5) is 0 Å². The van der Waals surface area contributed by atoms with Gasteiger partial charge in [-0.1, -0.05) is 0 Å². The first kappa shape index (κ1) is 6.60. The fourth-order valence-corrected chi connectivity index (χ4v) is 1.53. The molecule has 13 heavy (non-hydrogen) atoms. The van der Waals surface area contributed by atoms with Crippen molar-refractivity contribution in [3.63, 3.8) is 0 Å². The summed E-state index contributed by atoms with van der Waals surface area (Å²) in [5, 5.41) is 0. The molecule has 3 rings (SSSR count). The molecule has 0 amide bonds. The normalized spacial score (nSPS) is 11.1. The van der Waals surface area contributed by atoms with Gasteiger partial charge < -0.3 is 4.98 Å². The molecular formula is C10H7N3. The van der Waals surface area contributed by atoms with E-state index in [-0.39, 0.29) is 0 Å². The Balaban J connectivity index is 2.64. The van der Waals surface area contributed by atoms with E-state index in [0.29, 0.717) is 0 Å². The molecule has 3 aromatic rings. The zero-order valence-electron chi connectivity index (χ0n) is 6.86. The number of aromatic amines is 1. The monoisotopic (exact) mass is 169 g/mol. The van der Waals surface area contributed by atoms with Gasteiger partial charge in [0, 0.05) is 12.4 Å². The number of hydrogen-bond donors (Lipinski definition) is 1. The van der Waals surface area contributed by atoms with Gasteiger partial charge in [-0.2, -0.15) is 0 Å². The molecular weight excluding hydrogens is 162 g/mol. The summed E-state index contributed by atoms with van der Waals surface area (Å²) in [5.74, 6) is 0. The average molecular weight is 169 g/mol. The van der Waals surface area contributed by atoms with Crippen molar-refractivity contribution in [2.75, 3.05) is 0 Å². The molecule has 0 aliphatic heterocycles. The summed E-state index contributed by atoms with van der Waals surface area (Å²) >= 11 is 0. The van der Waals surface area contributed by atoms with Crippen LogP contribution in [0.25, 0.3) is 22.1 Å². The molecule has 0 aliphatic carbocycles. The number of hydrogen-bond acceptors (Lipinski definition) is 2. The molecule has 0 spiro atoms. The summed E-state index contributed by atoms with van der Waals surface area (Å²) in [6, 6.07) is 7.84. The van der Waals surface area contributed by atoms with Crippen molar-refractivity contribution in [3.05, 3.63) is 36.7 Å². The third-order valence-corrected chi connectivity index (χ3v) is 2.11. The second-order valence-corrected chi connectivity index (χ2v) is 2.92. The van der Waals surface area contributed by atoms with Crippen molar-refractivity contribution in [3.8, 4) is 0 Å². The lowest BCUT2D eigenvalue weighted by Crippen LogP contribution is -1.74. The second-order valence-electron chi connectivity index (χ2n) is 2.92. The molecule has 0 saturated carbocycles. The number of fused-ring (bicyclic) bond motifs is 3. The Bertz CT molecular complexity index is 518. The van der Waals surface area contributed by atoms with Crippen LogP contribution in [0.5, 0.6) is 0 Å². The Kier molecular flexibility index (Phi) is 1.16. The highest BCUT2D eigenvalue weighted by atomic mass is 14.8. The molecule has 0 aromatic carbocycles. The van der Waals surface area contributed by atoms with Crippen molar-refractivity contribution in [2.45, 2.75) is 0 Å². The van der Waals surface area contributed by atoms with Crippen LogP contribution in [0.2, 0.25) is 0 Å². The number of pyridine rings is 2. The van der Waals surface area contributed by atoms with Crippen molar-refractivity contribution >= 4 is 22.1 Å². The molecule has 3 aromatic heterocycles. The topological polar surface area (TPSA) is 41.6 Å². The Hall–Kier alpha value is -1.90. The molecule has 3 heteroatoms. The first-order valence-electron chi connectivity index (χ1n) is 4.12. The van der Waals surface area contributed by atoms with Gasteiger partial charge in [-0.25, -0.2) is 0 Å². The van der Waals surface area contributed by atoms with E-state index in [9.17, 15) is 0 Å². The van der Waals surface area contributed by atoms with Gasteiger partial charge in [0.15, 0.2) is 0 Å². The number of H-pyrrole nitrogens is 1. The van der Waals surface area contributed by atoms with Crippen LogP contribution >= 0.6 is 0 Å². The fourth-order valence-electron chi connectivity index (χ4n) is 1.53. The van der Waals surface area contributed by atoms with Crippen LogP contribution in [0.3, 0.4) is 0 Å². The summed E-state index contributed by atoms with van der Waals surface area (Å²) in [6.45, 7) is 0. The van der Waals surface area contributed by atoms with Gasteiger partial charge in [-0.15, -0.1) is 0 Å². The van der Waals surface area contributed by atoms with E-state index < -0.39 is 0 Å². The van der Waals surface area contributed by atoms with Gasteiger partial charge in [0.1, 0.15) is 11.0 Å². The van der Waals surface area contributed by atoms with Crippen molar-refractivity contribution in [2.24, 2.45) is 0 Å². The van der Waals surface area contributed by atoms with Crippen molar-refractivity contribution < 1.29 is 0 Å². The van der Waals surface area contributed by atoms with E-state index in [1.54, 1.807) is 12.4 Å². The standard InChI is InChI=1S/C10H7N3/c1-3-7-9(11-5-1)10-8(13-7)4-2-6-12-10/h1-6,13H. The molecule has 3 heterocycles. The molecule has 62 valence electrons. The maximum absolute atomic E-state index is 4.28. The van der Waals surface area contributed by atoms with Crippen LogP contribution in [0.1, 0.15) is 0 Å². The zero-order chi connectivity index (χ0) is 8.67. The summed E-state index contributed by atoms with van der Waals surface area (Å²) in [5.41, 5.74) is 3.96. The lowest BCUT2D eigenvalue weighted by Gasteiger charge is -1.86. The minimum atomic E-state index is 0.943. The fraction of sp³-hybridized carbons (Fsp3) is 0. The van der Waals surface area contributed by atoms with Crippen LogP contribution in [0.15, 0.2) is 36.7 Å². The second kappa shape index (κ2) is 2.29. The SMILES string of the molecule is c1cnc2c(c1)[nH]c1cccnc12. The Morgan fingerprint density at radius 3 is 1.92 bits per heavy atom. The minimum absolute atomic E-state index is 0.943. The van der Waals surface area contributed by atoms with Crippen molar-refractivity contribution in [1.82, 2.24) is 15.0 Å². The molecule has 0 saturated heterocycles. The van der Waals surface area contributed by atoms with E-state index in [0.717, 1.165) is 22.1 Å². The Morgan fingerprint density at radius 1 is 0.846 bits per heavy atom. The predicted octanol–water partition coefficient (Wildman–Crippen LogP) is 2.11. The summed E-state index contributed by atoms with van der Waals surface area (Å²) < 4.78 is 0. The number of nitrogens with zero attached hydrogens (tertiary/aromatic N) is 2. The van der Waals surface area contributed by atoms with Gasteiger partial charge in [0.25, 0.3) is 0 Å². The largest absolute Gasteiger partial charge is 0.352 e. The summed E-state index contributed by atoms with van der Waals surface area (Å²) in [7, 11) is 0. The summed E-state index contributed by atoms with van der Waals surface area (Å²) in [4.78, 5) is 11.8. The predicted molar refractivity (Wildman–Crippen MR) is 51.4 cm³/mol. The number of rotatable bonds is 0. The quantitative estimate of drug-likeness (QED) is 0.560. The van der Waals surface area contributed by atoms with Crippen LogP contribution < -0.4 is 0 Å². The van der Waals surface area contributed by atoms with E-state index in [4.69, 9.17) is 0 Å². The first-order chi connectivity index (χ1) is 6.45. The third kappa shape index (κ3) is 0.839. The molecule has 0 fully saturated rings. The average Bonchev–Trinajstić information content (AvgIpc) is 2.56. The zero-order valence-corrected chi connectivity index (χ0v) is 6.86. The molecule has 0 aliphatic rings. The van der Waals surface area contributed by atoms with Gasteiger partial charge in [0.05, 0.1) is 11.0 Å². The summed E-state index contributed by atoms with van der Waals surface area (Å²) in [6.07, 6.45) is 3.56. The van der Waals surface area contributed by atoms with E-state index >= 15 is 0 Å². The molecule has 0 unspecified atom stereocenters. The highest BCUT2D eigenvalue weighted by Gasteiger charge is 2.03. The first-order valence-corrected chi connectivity index (χ1v) is 4.12. The molecule has 1 N–H and O–H groups in total. The van der Waals surface area contributed by atoms with E-state index in [1.165, 1.54) is 0 Å². The lowest BCUT2D eigenvalue weighted by molar-refractivity contribution is 1.39. The van der Waals surface area contributed by atoms with Crippen LogP contribution in [-0.2, 0) is 0 Å². The molecule has 0 radical (unpaired) electrons. The highest BCUT2D eigenvalue weighted by Crippen LogP contribution is 2.19. The van der Waals surface area contributed by atoms with Gasteiger partial charge in [-0.3, -0.25) is 9.97 Å². The number of nitrogens with one attached hydrogen (secondary N) is 1. The molecule has 0 atom stereocenters. The highest BCUT2D eigenvalue weighted by molar-refractivity contribution is 6.01. The van der Waals surface area contributed by atoms with Gasteiger partial charge >= 0.3 is 0 Å². The Labute approximate surface area is 74.4 Å². The lowest BCUT2D eigenvalue weighted by atomic mass is 10.3. The Morgan fingerprint density at radius 2 is 1.38 bits per heavy atom. The number of aromatic nitrogens is 3. The maximum Gasteiger partial charge on any atom is 0.114 e. The molecule has 0 bridgehead atoms. The van der Waals surface area contributed by atoms with Crippen LogP contribution in [0, 0.1) is 0 Å². The van der Waals surface area contributed by atoms with Crippen molar-refractivity contribution in [1.29, 1.82) is 0 Å². The van der Waals surface area contributed by atoms with Gasteiger partial charge in [0.2, 0.25) is 0 Å². The third-order valence-electron chi connectivity index (χ3n) is 2.11. The van der Waals surface area contributed by atoms with Gasteiger partial charge in [-0.05, 0) is 24.3 Å². The van der Waals surface area contributed by atoms with E-state index in [2.05, 4.69) is 15.0 Å². The van der Waals surface area contributed by atoms with Crippen LogP contribution in [-0.4, -0.2) is 15.0 Å². The minimum Gasteiger partial charge on any atom is -0.352 e. The molecule has 3 nitrogen and oxygen atoms in total. The maximum atomic E-state index is 4.28.